The van der Waals surface area contributed by atoms with Gasteiger partial charge in [0, 0.05) is 12.6 Å². The zero-order chi connectivity index (χ0) is 17.9. The minimum absolute atomic E-state index is 0.299. The van der Waals surface area contributed by atoms with Crippen LogP contribution in [0.15, 0.2) is 23.9 Å². The van der Waals surface area contributed by atoms with Crippen molar-refractivity contribution >= 4 is 18.4 Å². The van der Waals surface area contributed by atoms with E-state index in [4.69, 9.17) is 10.5 Å². The van der Waals surface area contributed by atoms with E-state index in [1.54, 1.807) is 18.2 Å². The molecule has 8 nitrogen and oxygen atoms in total. The third-order valence-corrected chi connectivity index (χ3v) is 5.19. The van der Waals surface area contributed by atoms with Crippen molar-refractivity contribution in [1.29, 1.82) is 0 Å². The van der Waals surface area contributed by atoms with Crippen molar-refractivity contribution in [3.63, 3.8) is 0 Å². The second-order valence-corrected chi connectivity index (χ2v) is 6.77. The van der Waals surface area contributed by atoms with Crippen molar-refractivity contribution < 1.29 is 19.1 Å². The van der Waals surface area contributed by atoms with Crippen LogP contribution in [0.1, 0.15) is 38.5 Å². The summed E-state index contributed by atoms with van der Waals surface area (Å²) < 4.78 is 5.38. The quantitative estimate of drug-likeness (QED) is 0.546. The Kier molecular flexibility index (Phi) is 5.08. The minimum atomic E-state index is -1.38. The van der Waals surface area contributed by atoms with Crippen LogP contribution in [-0.4, -0.2) is 53.1 Å². The Balaban J connectivity index is 1.84. The molecule has 1 saturated heterocycles. The van der Waals surface area contributed by atoms with Crippen LogP contribution in [-0.2, 0) is 14.3 Å². The number of rotatable bonds is 6. The first-order chi connectivity index (χ1) is 12.1. The van der Waals surface area contributed by atoms with E-state index < -0.39 is 17.6 Å². The van der Waals surface area contributed by atoms with Crippen LogP contribution in [0.25, 0.3) is 0 Å². The number of nitrogens with zero attached hydrogens (tertiary/aromatic N) is 2. The Morgan fingerprint density at radius 2 is 2.08 bits per heavy atom. The topological polar surface area (TPSA) is 105 Å². The maximum absolute atomic E-state index is 13.2. The highest BCUT2D eigenvalue weighted by Crippen LogP contribution is 2.33. The maximum Gasteiger partial charge on any atom is 0.405 e. The molecule has 2 fully saturated rings. The van der Waals surface area contributed by atoms with Gasteiger partial charge >= 0.3 is 6.09 Å². The Morgan fingerprint density at radius 1 is 1.36 bits per heavy atom. The van der Waals surface area contributed by atoms with Gasteiger partial charge in [-0.25, -0.2) is 9.80 Å². The number of amides is 3. The molecular formula is C17H24N4O4. The van der Waals surface area contributed by atoms with Crippen molar-refractivity contribution in [3.05, 3.63) is 23.9 Å². The molecule has 3 rings (SSSR count). The predicted molar refractivity (Wildman–Crippen MR) is 89.7 cm³/mol. The summed E-state index contributed by atoms with van der Waals surface area (Å²) in [4.78, 5) is 37.9. The normalized spacial score (nSPS) is 26.5. The van der Waals surface area contributed by atoms with Gasteiger partial charge in [0.1, 0.15) is 0 Å². The van der Waals surface area contributed by atoms with E-state index in [0.29, 0.717) is 31.1 Å². The average Bonchev–Trinajstić information content (AvgIpc) is 3.06. The van der Waals surface area contributed by atoms with Crippen molar-refractivity contribution in [3.8, 4) is 0 Å². The number of nitrogens with one attached hydrogen (secondary N) is 1. The van der Waals surface area contributed by atoms with Crippen molar-refractivity contribution in [1.82, 2.24) is 15.3 Å². The van der Waals surface area contributed by atoms with Gasteiger partial charge in [-0.05, 0) is 44.4 Å². The molecule has 0 aromatic heterocycles. The van der Waals surface area contributed by atoms with Crippen LogP contribution >= 0.6 is 0 Å². The van der Waals surface area contributed by atoms with Gasteiger partial charge < -0.3 is 10.5 Å². The fourth-order valence-electron chi connectivity index (χ4n) is 3.97. The molecule has 25 heavy (non-hydrogen) atoms. The SMILES string of the molecule is NC(=O)O[C@]1(C(=O)N(NC=O)C2=CC=C2)CCCN(C2CCCC2)C1. The highest BCUT2D eigenvalue weighted by atomic mass is 16.6. The Hall–Kier alpha value is -2.35. The molecule has 1 aliphatic heterocycles. The van der Waals surface area contributed by atoms with E-state index in [1.165, 1.54) is 12.8 Å². The molecule has 0 bridgehead atoms. The second-order valence-electron chi connectivity index (χ2n) is 6.77. The first-order valence-corrected chi connectivity index (χ1v) is 8.71. The molecule has 3 N–H and O–H groups in total. The van der Waals surface area contributed by atoms with Gasteiger partial charge in [0.05, 0.1) is 5.70 Å². The third kappa shape index (κ3) is 3.53. The fourth-order valence-corrected chi connectivity index (χ4v) is 3.97. The first kappa shape index (κ1) is 17.5. The zero-order valence-electron chi connectivity index (χ0n) is 14.1. The lowest BCUT2D eigenvalue weighted by atomic mass is 9.89. The summed E-state index contributed by atoms with van der Waals surface area (Å²) in [6.07, 6.45) is 10.2. The lowest BCUT2D eigenvalue weighted by Gasteiger charge is -2.44. The van der Waals surface area contributed by atoms with Gasteiger partial charge in [-0.1, -0.05) is 18.9 Å². The number of hydrogen-bond donors (Lipinski definition) is 2. The molecule has 1 heterocycles. The van der Waals surface area contributed by atoms with E-state index in [9.17, 15) is 14.4 Å². The largest absolute Gasteiger partial charge is 0.431 e. The summed E-state index contributed by atoms with van der Waals surface area (Å²) in [6.45, 7) is 1.17. The van der Waals surface area contributed by atoms with Gasteiger partial charge in [-0.2, -0.15) is 0 Å². The molecule has 0 aromatic carbocycles. The van der Waals surface area contributed by atoms with Crippen molar-refractivity contribution in [2.24, 2.45) is 5.73 Å². The van der Waals surface area contributed by atoms with Crippen LogP contribution < -0.4 is 11.2 Å². The third-order valence-electron chi connectivity index (χ3n) is 5.19. The van der Waals surface area contributed by atoms with Gasteiger partial charge in [0.25, 0.3) is 5.91 Å². The molecule has 0 radical (unpaired) electrons. The predicted octanol–water partition coefficient (Wildman–Crippen LogP) is 0.802. The Bertz CT molecular complexity index is 612. The highest BCUT2D eigenvalue weighted by molar-refractivity contribution is 5.90. The molecule has 1 atom stereocenters. The number of hydrogen-bond acceptors (Lipinski definition) is 5. The number of nitrogens with two attached hydrogens (primary N) is 1. The summed E-state index contributed by atoms with van der Waals surface area (Å²) in [5.74, 6) is -0.475. The zero-order valence-corrected chi connectivity index (χ0v) is 14.1. The van der Waals surface area contributed by atoms with Gasteiger partial charge in [-0.3, -0.25) is 19.9 Å². The summed E-state index contributed by atoms with van der Waals surface area (Å²) in [7, 11) is 0. The Morgan fingerprint density at radius 3 is 2.64 bits per heavy atom. The number of carbonyl (C=O) groups excluding carboxylic acids is 3. The van der Waals surface area contributed by atoms with Crippen molar-refractivity contribution in [2.45, 2.75) is 50.2 Å². The van der Waals surface area contributed by atoms with Crippen LogP contribution in [0, 0.1) is 0 Å². The number of likely N-dealkylation sites (tertiary alicyclic amines) is 1. The lowest BCUT2D eigenvalue weighted by molar-refractivity contribution is -0.160. The van der Waals surface area contributed by atoms with Gasteiger partial charge in [0.2, 0.25) is 12.0 Å². The number of hydrazine groups is 1. The summed E-state index contributed by atoms with van der Waals surface area (Å²) >= 11 is 0. The Labute approximate surface area is 146 Å². The van der Waals surface area contributed by atoms with Gasteiger partial charge in [0.15, 0.2) is 0 Å². The highest BCUT2D eigenvalue weighted by Gasteiger charge is 2.50. The number of carbonyl (C=O) groups is 3. The van der Waals surface area contributed by atoms with E-state index >= 15 is 0 Å². The van der Waals surface area contributed by atoms with Gasteiger partial charge in [-0.15, -0.1) is 0 Å². The first-order valence-electron chi connectivity index (χ1n) is 8.71. The molecule has 3 aliphatic rings. The van der Waals surface area contributed by atoms with Crippen molar-refractivity contribution in [2.75, 3.05) is 13.1 Å². The molecule has 8 heteroatoms. The second kappa shape index (κ2) is 7.26. The van der Waals surface area contributed by atoms with E-state index in [1.807, 2.05) is 0 Å². The summed E-state index contributed by atoms with van der Waals surface area (Å²) in [6, 6.07) is 0.402. The van der Waals surface area contributed by atoms with E-state index in [2.05, 4.69) is 10.3 Å². The molecule has 1 saturated carbocycles. The number of allylic oxidation sites excluding steroid dienone is 3. The minimum Gasteiger partial charge on any atom is -0.431 e. The molecular weight excluding hydrogens is 324 g/mol. The molecule has 3 amide bonds. The van der Waals surface area contributed by atoms with E-state index in [-0.39, 0.29) is 0 Å². The summed E-state index contributed by atoms with van der Waals surface area (Å²) in [5, 5.41) is 1.13. The molecule has 0 aromatic rings. The number of ether oxygens (including phenoxy) is 1. The number of primary amides is 1. The van der Waals surface area contributed by atoms with Crippen LogP contribution in [0.3, 0.4) is 0 Å². The number of piperidine rings is 1. The van der Waals surface area contributed by atoms with E-state index in [0.717, 1.165) is 30.8 Å². The molecule has 136 valence electrons. The standard InChI is InChI=1S/C17H24N4O4/c18-16(24)25-17(15(23)21(19-12-22)14-7-3-8-14)9-4-10-20(11-17)13-5-1-2-6-13/h3,7-8,12-13H,1-2,4-6,9-11H2,(H2,18,24)(H,19,22)/t17-/m1/s1. The maximum atomic E-state index is 13.2. The molecule has 0 spiro atoms. The van der Waals surface area contributed by atoms with Crippen LogP contribution in [0.4, 0.5) is 4.79 Å². The average molecular weight is 348 g/mol. The van der Waals surface area contributed by atoms with Crippen LogP contribution in [0.2, 0.25) is 0 Å². The van der Waals surface area contributed by atoms with Crippen LogP contribution in [0.5, 0.6) is 0 Å². The smallest absolute Gasteiger partial charge is 0.405 e. The lowest BCUT2D eigenvalue weighted by Crippen LogP contribution is -2.63. The molecule has 2 aliphatic carbocycles. The fraction of sp³-hybridized carbons (Fsp3) is 0.588. The monoisotopic (exact) mass is 348 g/mol. The molecule has 0 unspecified atom stereocenters. The summed E-state index contributed by atoms with van der Waals surface area (Å²) in [5.41, 5.74) is 6.83.